The molecule has 1 atom stereocenters. The van der Waals surface area contributed by atoms with E-state index < -0.39 is 6.04 Å². The summed E-state index contributed by atoms with van der Waals surface area (Å²) in [5.74, 6) is 0.374. The summed E-state index contributed by atoms with van der Waals surface area (Å²) in [4.78, 5) is 11.7. The van der Waals surface area contributed by atoms with Crippen LogP contribution in [0, 0.1) is 0 Å². The fourth-order valence-corrected chi connectivity index (χ4v) is 1.52. The van der Waals surface area contributed by atoms with Gasteiger partial charge in [-0.25, -0.2) is 0 Å². The van der Waals surface area contributed by atoms with Crippen LogP contribution in [0.25, 0.3) is 0 Å². The van der Waals surface area contributed by atoms with Crippen molar-refractivity contribution in [1.82, 2.24) is 0 Å². The van der Waals surface area contributed by atoms with Crippen LogP contribution in [-0.4, -0.2) is 18.6 Å². The van der Waals surface area contributed by atoms with E-state index in [2.05, 4.69) is 5.32 Å². The molecule has 0 aliphatic heterocycles. The number of nitrogens with one attached hydrogen (secondary N) is 1. The van der Waals surface area contributed by atoms with Crippen molar-refractivity contribution in [2.45, 2.75) is 32.7 Å². The van der Waals surface area contributed by atoms with E-state index >= 15 is 0 Å². The number of carbonyl (C=O) groups excluding carboxylic acids is 1. The average molecular weight is 307 g/mol. The van der Waals surface area contributed by atoms with Gasteiger partial charge in [-0.3, -0.25) is 4.79 Å². The van der Waals surface area contributed by atoms with E-state index in [1.807, 2.05) is 13.8 Å². The number of hydrogen-bond acceptors (Lipinski definition) is 3. The summed E-state index contributed by atoms with van der Waals surface area (Å²) in [6, 6.07) is 4.60. The van der Waals surface area contributed by atoms with Gasteiger partial charge in [0.1, 0.15) is 5.75 Å². The van der Waals surface area contributed by atoms with Crippen LogP contribution in [0.3, 0.4) is 0 Å². The predicted octanol–water partition coefficient (Wildman–Crippen LogP) is 3.23. The fourth-order valence-electron chi connectivity index (χ4n) is 1.35. The highest BCUT2D eigenvalue weighted by molar-refractivity contribution is 6.31. The number of halogens is 2. The van der Waals surface area contributed by atoms with E-state index in [0.717, 1.165) is 6.42 Å². The Morgan fingerprint density at radius 3 is 2.74 bits per heavy atom. The van der Waals surface area contributed by atoms with Crippen LogP contribution in [0.1, 0.15) is 26.7 Å². The molecule has 0 aromatic heterocycles. The Morgan fingerprint density at radius 1 is 1.47 bits per heavy atom. The molecule has 19 heavy (non-hydrogen) atoms. The molecule has 1 aromatic rings. The molecule has 1 rings (SSSR count). The predicted molar refractivity (Wildman–Crippen MR) is 81.4 cm³/mol. The number of anilines is 1. The van der Waals surface area contributed by atoms with Crippen LogP contribution in [-0.2, 0) is 4.79 Å². The molecular weight excluding hydrogens is 287 g/mol. The summed E-state index contributed by atoms with van der Waals surface area (Å²) in [5, 5.41) is 3.28. The lowest BCUT2D eigenvalue weighted by atomic mass is 10.2. The van der Waals surface area contributed by atoms with Gasteiger partial charge in [0.2, 0.25) is 5.91 Å². The van der Waals surface area contributed by atoms with Crippen molar-refractivity contribution < 1.29 is 9.53 Å². The Labute approximate surface area is 125 Å². The number of carbonyl (C=O) groups is 1. The van der Waals surface area contributed by atoms with E-state index in [9.17, 15) is 4.79 Å². The third-order valence-electron chi connectivity index (χ3n) is 2.44. The van der Waals surface area contributed by atoms with Crippen molar-refractivity contribution in [3.63, 3.8) is 0 Å². The Morgan fingerprint density at radius 2 is 2.16 bits per heavy atom. The molecular formula is C13H20Cl2N2O2. The third kappa shape index (κ3) is 5.68. The summed E-state index contributed by atoms with van der Waals surface area (Å²) in [6.45, 7) is 4.46. The van der Waals surface area contributed by atoms with Gasteiger partial charge in [-0.05, 0) is 31.0 Å². The Kier molecular flexibility index (Phi) is 8.56. The van der Waals surface area contributed by atoms with Crippen molar-refractivity contribution in [3.05, 3.63) is 23.2 Å². The van der Waals surface area contributed by atoms with Gasteiger partial charge in [-0.1, -0.05) is 25.4 Å². The molecule has 0 spiro atoms. The number of ether oxygens (including phenoxy) is 1. The first-order chi connectivity index (χ1) is 8.58. The second-order valence-electron chi connectivity index (χ2n) is 3.99. The van der Waals surface area contributed by atoms with Crippen LogP contribution in [0.5, 0.6) is 5.75 Å². The molecule has 3 N–H and O–H groups in total. The summed E-state index contributed by atoms with van der Waals surface area (Å²) >= 11 is 5.91. The lowest BCUT2D eigenvalue weighted by Gasteiger charge is -2.14. The largest absolute Gasteiger partial charge is 0.491 e. The molecule has 0 aliphatic rings. The Hall–Kier alpha value is -0.970. The molecule has 4 nitrogen and oxygen atoms in total. The third-order valence-corrected chi connectivity index (χ3v) is 2.67. The highest BCUT2D eigenvalue weighted by atomic mass is 35.5. The molecule has 0 bridgehead atoms. The summed E-state index contributed by atoms with van der Waals surface area (Å²) in [5.41, 5.74) is 6.23. The minimum atomic E-state index is -0.525. The first-order valence-corrected chi connectivity index (χ1v) is 6.45. The first-order valence-electron chi connectivity index (χ1n) is 6.07. The summed E-state index contributed by atoms with van der Waals surface area (Å²) < 4.78 is 5.54. The number of hydrogen-bond donors (Lipinski definition) is 2. The van der Waals surface area contributed by atoms with Gasteiger partial charge in [0, 0.05) is 5.02 Å². The van der Waals surface area contributed by atoms with Gasteiger partial charge in [-0.15, -0.1) is 12.4 Å². The van der Waals surface area contributed by atoms with Crippen LogP contribution in [0.4, 0.5) is 5.69 Å². The second kappa shape index (κ2) is 9.02. The topological polar surface area (TPSA) is 64.3 Å². The normalized spacial score (nSPS) is 11.4. The van der Waals surface area contributed by atoms with Gasteiger partial charge in [-0.2, -0.15) is 0 Å². The van der Waals surface area contributed by atoms with E-state index in [1.54, 1.807) is 18.2 Å². The minimum absolute atomic E-state index is 0. The molecule has 0 aliphatic carbocycles. The zero-order valence-electron chi connectivity index (χ0n) is 11.1. The molecule has 0 unspecified atom stereocenters. The van der Waals surface area contributed by atoms with Crippen molar-refractivity contribution in [2.75, 3.05) is 11.9 Å². The molecule has 0 saturated carbocycles. The zero-order chi connectivity index (χ0) is 13.5. The first kappa shape index (κ1) is 18.0. The molecule has 0 fully saturated rings. The van der Waals surface area contributed by atoms with Gasteiger partial charge in [0.05, 0.1) is 18.3 Å². The minimum Gasteiger partial charge on any atom is -0.491 e. The van der Waals surface area contributed by atoms with E-state index in [1.165, 1.54) is 0 Å². The van der Waals surface area contributed by atoms with Crippen molar-refractivity contribution >= 4 is 35.6 Å². The maximum Gasteiger partial charge on any atom is 0.241 e. The number of nitrogens with two attached hydrogens (primary N) is 1. The molecule has 6 heteroatoms. The van der Waals surface area contributed by atoms with Gasteiger partial charge < -0.3 is 15.8 Å². The van der Waals surface area contributed by atoms with E-state index in [4.69, 9.17) is 22.1 Å². The smallest absolute Gasteiger partial charge is 0.241 e. The average Bonchev–Trinajstić information content (AvgIpc) is 2.36. The van der Waals surface area contributed by atoms with Crippen LogP contribution < -0.4 is 15.8 Å². The molecule has 0 radical (unpaired) electrons. The molecule has 1 aromatic carbocycles. The summed E-state index contributed by atoms with van der Waals surface area (Å²) in [6.07, 6.45) is 1.47. The van der Waals surface area contributed by atoms with Crippen LogP contribution in [0.15, 0.2) is 18.2 Å². The highest BCUT2D eigenvalue weighted by Gasteiger charge is 2.14. The zero-order valence-corrected chi connectivity index (χ0v) is 12.7. The van der Waals surface area contributed by atoms with E-state index in [0.29, 0.717) is 29.5 Å². The van der Waals surface area contributed by atoms with Gasteiger partial charge in [0.25, 0.3) is 0 Å². The molecule has 0 saturated heterocycles. The fraction of sp³-hybridized carbons (Fsp3) is 0.462. The van der Waals surface area contributed by atoms with Crippen LogP contribution >= 0.6 is 24.0 Å². The standard InChI is InChI=1S/C13H19ClN2O2.ClH/c1-3-7-18-12-6-5-9(14)8-11(12)16-13(17)10(15)4-2;/h5-6,8,10H,3-4,7,15H2,1-2H3,(H,16,17);1H/t10-;/m0./s1. The van der Waals surface area contributed by atoms with Crippen molar-refractivity contribution in [3.8, 4) is 5.75 Å². The van der Waals surface area contributed by atoms with Crippen molar-refractivity contribution in [1.29, 1.82) is 0 Å². The van der Waals surface area contributed by atoms with E-state index in [-0.39, 0.29) is 18.3 Å². The van der Waals surface area contributed by atoms with Crippen molar-refractivity contribution in [2.24, 2.45) is 5.73 Å². The lowest BCUT2D eigenvalue weighted by Crippen LogP contribution is -2.34. The van der Waals surface area contributed by atoms with Crippen LogP contribution in [0.2, 0.25) is 5.02 Å². The Bertz CT molecular complexity index is 414. The molecule has 108 valence electrons. The number of rotatable bonds is 6. The number of amides is 1. The van der Waals surface area contributed by atoms with Gasteiger partial charge in [0.15, 0.2) is 0 Å². The Balaban J connectivity index is 0.00000324. The second-order valence-corrected chi connectivity index (χ2v) is 4.43. The molecule has 0 heterocycles. The lowest BCUT2D eigenvalue weighted by molar-refractivity contribution is -0.117. The quantitative estimate of drug-likeness (QED) is 0.848. The maximum absolute atomic E-state index is 11.7. The SMILES string of the molecule is CCCOc1ccc(Cl)cc1NC(=O)[C@@H](N)CC.Cl. The molecule has 1 amide bonds. The van der Waals surface area contributed by atoms with Gasteiger partial charge >= 0.3 is 0 Å². The monoisotopic (exact) mass is 306 g/mol. The maximum atomic E-state index is 11.7. The number of benzene rings is 1. The highest BCUT2D eigenvalue weighted by Crippen LogP contribution is 2.28. The summed E-state index contributed by atoms with van der Waals surface area (Å²) in [7, 11) is 0.